The van der Waals surface area contributed by atoms with Crippen molar-refractivity contribution in [3.63, 3.8) is 0 Å². The summed E-state index contributed by atoms with van der Waals surface area (Å²) in [5, 5.41) is 15.3. The maximum atomic E-state index is 11.6. The molecule has 0 radical (unpaired) electrons. The minimum absolute atomic E-state index is 0.0443. The van der Waals surface area contributed by atoms with E-state index in [4.69, 9.17) is 0 Å². The summed E-state index contributed by atoms with van der Waals surface area (Å²) < 4.78 is 0. The molecule has 0 aromatic rings. The third-order valence-corrected chi connectivity index (χ3v) is 4.63. The lowest BCUT2D eigenvalue weighted by Crippen LogP contribution is -2.38. The molecule has 4 nitrogen and oxygen atoms in total. The van der Waals surface area contributed by atoms with E-state index in [1.54, 1.807) is 0 Å². The molecule has 2 fully saturated rings. The Labute approximate surface area is 116 Å². The molecule has 2 amide bonds. The van der Waals surface area contributed by atoms with Crippen LogP contribution in [0.1, 0.15) is 57.8 Å². The Hall–Kier alpha value is -0.770. The molecular formula is C15H28N2O2. The third-order valence-electron chi connectivity index (χ3n) is 4.63. The standard InChI is InChI=1S/C15H28N2O2/c18-14-7-6-13(10-14)11-17-15(19)16-9-8-12-4-2-1-3-5-12/h12-14,18H,1-11H2,(H2,16,17,19)/t13-,14+/m0/s1. The van der Waals surface area contributed by atoms with Gasteiger partial charge < -0.3 is 15.7 Å². The van der Waals surface area contributed by atoms with Gasteiger partial charge in [0.2, 0.25) is 0 Å². The Morgan fingerprint density at radius 1 is 1.00 bits per heavy atom. The van der Waals surface area contributed by atoms with Gasteiger partial charge >= 0.3 is 6.03 Å². The fourth-order valence-electron chi connectivity index (χ4n) is 3.40. The summed E-state index contributed by atoms with van der Waals surface area (Å²) in [6, 6.07) is -0.0443. The second-order valence-electron chi connectivity index (χ2n) is 6.26. The van der Waals surface area contributed by atoms with Crippen molar-refractivity contribution in [2.75, 3.05) is 13.1 Å². The molecule has 0 saturated heterocycles. The first-order chi connectivity index (χ1) is 9.24. The summed E-state index contributed by atoms with van der Waals surface area (Å²) in [6.07, 6.45) is 10.5. The van der Waals surface area contributed by atoms with Crippen molar-refractivity contribution >= 4 is 6.03 Å². The summed E-state index contributed by atoms with van der Waals surface area (Å²) in [7, 11) is 0. The van der Waals surface area contributed by atoms with Crippen molar-refractivity contribution < 1.29 is 9.90 Å². The smallest absolute Gasteiger partial charge is 0.314 e. The first kappa shape index (κ1) is 14.6. The number of nitrogens with one attached hydrogen (secondary N) is 2. The fraction of sp³-hybridized carbons (Fsp3) is 0.933. The minimum atomic E-state index is -0.152. The molecule has 2 saturated carbocycles. The zero-order valence-corrected chi connectivity index (χ0v) is 11.9. The van der Waals surface area contributed by atoms with Crippen LogP contribution in [-0.2, 0) is 0 Å². The van der Waals surface area contributed by atoms with Gasteiger partial charge in [-0.1, -0.05) is 32.1 Å². The van der Waals surface area contributed by atoms with Crippen molar-refractivity contribution in [2.45, 2.75) is 63.9 Å². The molecule has 2 atom stereocenters. The average molecular weight is 268 g/mol. The van der Waals surface area contributed by atoms with Gasteiger partial charge in [-0.3, -0.25) is 0 Å². The van der Waals surface area contributed by atoms with Crippen LogP contribution in [0.25, 0.3) is 0 Å². The third kappa shape index (κ3) is 5.39. The number of hydrogen-bond donors (Lipinski definition) is 3. The lowest BCUT2D eigenvalue weighted by Gasteiger charge is -2.21. The van der Waals surface area contributed by atoms with Crippen LogP contribution >= 0.6 is 0 Å². The molecule has 4 heteroatoms. The average Bonchev–Trinajstić information content (AvgIpc) is 2.83. The van der Waals surface area contributed by atoms with Gasteiger partial charge in [0.1, 0.15) is 0 Å². The minimum Gasteiger partial charge on any atom is -0.393 e. The Balaban J connectivity index is 1.49. The zero-order valence-electron chi connectivity index (χ0n) is 11.9. The van der Waals surface area contributed by atoms with Gasteiger partial charge in [-0.05, 0) is 37.5 Å². The molecule has 2 aliphatic rings. The van der Waals surface area contributed by atoms with E-state index in [-0.39, 0.29) is 12.1 Å². The van der Waals surface area contributed by atoms with Crippen LogP contribution in [0.2, 0.25) is 0 Å². The molecule has 0 unspecified atom stereocenters. The summed E-state index contributed by atoms with van der Waals surface area (Å²) in [5.41, 5.74) is 0. The molecule has 0 bridgehead atoms. The van der Waals surface area contributed by atoms with Gasteiger partial charge in [0, 0.05) is 13.1 Å². The molecule has 0 heterocycles. The maximum absolute atomic E-state index is 11.6. The highest BCUT2D eigenvalue weighted by molar-refractivity contribution is 5.73. The lowest BCUT2D eigenvalue weighted by atomic mass is 9.87. The first-order valence-corrected chi connectivity index (χ1v) is 7.94. The van der Waals surface area contributed by atoms with Gasteiger partial charge in [-0.15, -0.1) is 0 Å². The summed E-state index contributed by atoms with van der Waals surface area (Å²) in [4.78, 5) is 11.6. The molecule has 0 spiro atoms. The highest BCUT2D eigenvalue weighted by Gasteiger charge is 2.22. The number of amides is 2. The predicted molar refractivity (Wildman–Crippen MR) is 75.9 cm³/mol. The fourth-order valence-corrected chi connectivity index (χ4v) is 3.40. The summed E-state index contributed by atoms with van der Waals surface area (Å²) in [6.45, 7) is 1.50. The predicted octanol–water partition coefficient (Wildman–Crippen LogP) is 2.42. The topological polar surface area (TPSA) is 61.4 Å². The molecule has 0 aliphatic heterocycles. The Morgan fingerprint density at radius 2 is 1.79 bits per heavy atom. The van der Waals surface area contributed by atoms with Crippen LogP contribution in [-0.4, -0.2) is 30.3 Å². The van der Waals surface area contributed by atoms with Crippen molar-refractivity contribution in [1.29, 1.82) is 0 Å². The largest absolute Gasteiger partial charge is 0.393 e. The van der Waals surface area contributed by atoms with Crippen molar-refractivity contribution in [3.05, 3.63) is 0 Å². The molecule has 0 aromatic carbocycles. The highest BCUT2D eigenvalue weighted by atomic mass is 16.3. The zero-order chi connectivity index (χ0) is 13.5. The van der Waals surface area contributed by atoms with Crippen molar-refractivity contribution in [1.82, 2.24) is 10.6 Å². The van der Waals surface area contributed by atoms with Gasteiger partial charge in [-0.2, -0.15) is 0 Å². The van der Waals surface area contributed by atoms with E-state index < -0.39 is 0 Å². The maximum Gasteiger partial charge on any atom is 0.314 e. The first-order valence-electron chi connectivity index (χ1n) is 7.94. The Bertz CT molecular complexity index is 277. The van der Waals surface area contributed by atoms with Crippen molar-refractivity contribution in [3.8, 4) is 0 Å². The number of rotatable bonds is 5. The van der Waals surface area contributed by atoms with Crippen LogP contribution in [0.3, 0.4) is 0 Å². The molecule has 19 heavy (non-hydrogen) atoms. The van der Waals surface area contributed by atoms with Crippen LogP contribution in [0.15, 0.2) is 0 Å². The molecule has 2 aliphatic carbocycles. The van der Waals surface area contributed by atoms with Gasteiger partial charge in [-0.25, -0.2) is 4.79 Å². The number of hydrogen-bond acceptors (Lipinski definition) is 2. The molecule has 110 valence electrons. The Morgan fingerprint density at radius 3 is 2.47 bits per heavy atom. The van der Waals surface area contributed by atoms with E-state index in [2.05, 4.69) is 10.6 Å². The number of aliphatic hydroxyl groups excluding tert-OH is 1. The highest BCUT2D eigenvalue weighted by Crippen LogP contribution is 2.26. The van der Waals surface area contributed by atoms with Gasteiger partial charge in [0.15, 0.2) is 0 Å². The molecule has 0 aromatic heterocycles. The van der Waals surface area contributed by atoms with Crippen molar-refractivity contribution in [2.24, 2.45) is 11.8 Å². The number of aliphatic hydroxyl groups is 1. The van der Waals surface area contributed by atoms with E-state index in [0.717, 1.165) is 38.1 Å². The SMILES string of the molecule is O=C(NCCC1CCCCC1)NC[C@H]1CC[C@@H](O)C1. The number of carbonyl (C=O) groups is 1. The van der Waals surface area contributed by atoms with Gasteiger partial charge in [0.25, 0.3) is 0 Å². The second-order valence-corrected chi connectivity index (χ2v) is 6.26. The van der Waals surface area contributed by atoms with Gasteiger partial charge in [0.05, 0.1) is 6.10 Å². The molecular weight excluding hydrogens is 240 g/mol. The lowest BCUT2D eigenvalue weighted by molar-refractivity contribution is 0.177. The monoisotopic (exact) mass is 268 g/mol. The van der Waals surface area contributed by atoms with E-state index in [0.29, 0.717) is 12.5 Å². The van der Waals surface area contributed by atoms with Crippen LogP contribution in [0.4, 0.5) is 4.79 Å². The van der Waals surface area contributed by atoms with Crippen LogP contribution in [0, 0.1) is 11.8 Å². The molecule has 3 N–H and O–H groups in total. The van der Waals surface area contributed by atoms with Crippen LogP contribution in [0.5, 0.6) is 0 Å². The second kappa shape index (κ2) is 7.73. The quantitative estimate of drug-likeness (QED) is 0.717. The van der Waals surface area contributed by atoms with E-state index in [9.17, 15) is 9.90 Å². The van der Waals surface area contributed by atoms with E-state index >= 15 is 0 Å². The summed E-state index contributed by atoms with van der Waals surface area (Å²) >= 11 is 0. The number of carbonyl (C=O) groups excluding carboxylic acids is 1. The Kier molecular flexibility index (Phi) is 5.95. The molecule has 2 rings (SSSR count). The summed E-state index contributed by atoms with van der Waals surface area (Å²) in [5.74, 6) is 1.28. The van der Waals surface area contributed by atoms with Crippen LogP contribution < -0.4 is 10.6 Å². The number of urea groups is 1. The van der Waals surface area contributed by atoms with E-state index in [1.807, 2.05) is 0 Å². The normalized spacial score (nSPS) is 28.3. The van der Waals surface area contributed by atoms with E-state index in [1.165, 1.54) is 32.1 Å².